The summed E-state index contributed by atoms with van der Waals surface area (Å²) in [6.45, 7) is 0. The first kappa shape index (κ1) is 13.4. The van der Waals surface area contributed by atoms with Crippen LogP contribution in [0.2, 0.25) is 5.02 Å². The van der Waals surface area contributed by atoms with Gasteiger partial charge in [-0.15, -0.1) is 0 Å². The van der Waals surface area contributed by atoms with Crippen molar-refractivity contribution >= 4 is 23.6 Å². The Kier molecular flexibility index (Phi) is 4.84. The van der Waals surface area contributed by atoms with Gasteiger partial charge < -0.3 is 14.2 Å². The van der Waals surface area contributed by atoms with Crippen LogP contribution in [0.3, 0.4) is 0 Å². The first-order valence-corrected chi connectivity index (χ1v) is 5.18. The van der Waals surface area contributed by atoms with Crippen molar-refractivity contribution in [3.63, 3.8) is 0 Å². The van der Waals surface area contributed by atoms with E-state index in [1.807, 2.05) is 0 Å². The molecule has 0 unspecified atom stereocenters. The van der Waals surface area contributed by atoms with E-state index in [-0.39, 0.29) is 0 Å². The molecule has 1 aromatic rings. The second-order valence-corrected chi connectivity index (χ2v) is 3.44. The molecule has 0 saturated carbocycles. The van der Waals surface area contributed by atoms with Crippen LogP contribution in [0.5, 0.6) is 11.5 Å². The second-order valence-electron chi connectivity index (χ2n) is 3.06. The average molecular weight is 257 g/mol. The lowest BCUT2D eigenvalue weighted by atomic mass is 10.2. The number of halogens is 1. The molecule has 0 bridgehead atoms. The maximum absolute atomic E-state index is 11.0. The van der Waals surface area contributed by atoms with E-state index in [1.54, 1.807) is 18.2 Å². The standard InChI is InChI=1S/C12H13ClO4/c1-15-9-6-4-8(5-7-10(14)16-2)11(13)12(9)17-3/h4-7H,1-3H3. The van der Waals surface area contributed by atoms with E-state index in [0.29, 0.717) is 22.1 Å². The van der Waals surface area contributed by atoms with E-state index in [2.05, 4.69) is 4.74 Å². The molecule has 4 nitrogen and oxygen atoms in total. The van der Waals surface area contributed by atoms with Gasteiger partial charge in [0, 0.05) is 6.08 Å². The molecule has 0 saturated heterocycles. The van der Waals surface area contributed by atoms with E-state index in [4.69, 9.17) is 21.1 Å². The minimum atomic E-state index is -0.448. The minimum absolute atomic E-state index is 0.381. The molecule has 0 aliphatic carbocycles. The maximum Gasteiger partial charge on any atom is 0.330 e. The maximum atomic E-state index is 11.0. The molecule has 0 atom stereocenters. The molecule has 0 heterocycles. The summed E-state index contributed by atoms with van der Waals surface area (Å²) < 4.78 is 14.7. The molecule has 0 aliphatic rings. The van der Waals surface area contributed by atoms with E-state index in [9.17, 15) is 4.79 Å². The van der Waals surface area contributed by atoms with Crippen molar-refractivity contribution in [3.05, 3.63) is 28.8 Å². The highest BCUT2D eigenvalue weighted by molar-refractivity contribution is 6.33. The van der Waals surface area contributed by atoms with Crippen LogP contribution in [0.25, 0.3) is 6.08 Å². The average Bonchev–Trinajstić information content (AvgIpc) is 2.36. The van der Waals surface area contributed by atoms with E-state index in [0.717, 1.165) is 0 Å². The molecule has 0 fully saturated rings. The minimum Gasteiger partial charge on any atom is -0.493 e. The fourth-order valence-corrected chi connectivity index (χ4v) is 1.56. The summed E-state index contributed by atoms with van der Waals surface area (Å²) in [4.78, 5) is 11.0. The summed E-state index contributed by atoms with van der Waals surface area (Å²) in [5, 5.41) is 0.381. The molecule has 0 radical (unpaired) electrons. The van der Waals surface area contributed by atoms with Gasteiger partial charge in [-0.3, -0.25) is 0 Å². The largest absolute Gasteiger partial charge is 0.493 e. The Labute approximate surface area is 105 Å². The van der Waals surface area contributed by atoms with Crippen molar-refractivity contribution in [2.75, 3.05) is 21.3 Å². The van der Waals surface area contributed by atoms with Crippen LogP contribution in [0.15, 0.2) is 18.2 Å². The predicted octanol–water partition coefficient (Wildman–Crippen LogP) is 2.54. The van der Waals surface area contributed by atoms with Gasteiger partial charge in [0.05, 0.1) is 26.4 Å². The first-order chi connectivity index (χ1) is 8.13. The van der Waals surface area contributed by atoms with Crippen molar-refractivity contribution < 1.29 is 19.0 Å². The molecule has 5 heteroatoms. The molecule has 0 aromatic heterocycles. The zero-order valence-electron chi connectivity index (χ0n) is 9.82. The molecule has 0 amide bonds. The van der Waals surface area contributed by atoms with E-state index >= 15 is 0 Å². The van der Waals surface area contributed by atoms with Crippen LogP contribution in [0.1, 0.15) is 5.56 Å². The molecule has 1 rings (SSSR count). The van der Waals surface area contributed by atoms with Crippen molar-refractivity contribution in [2.45, 2.75) is 0 Å². The predicted molar refractivity (Wildman–Crippen MR) is 65.6 cm³/mol. The Balaban J connectivity index is 3.11. The lowest BCUT2D eigenvalue weighted by Crippen LogP contribution is -1.95. The number of ether oxygens (including phenoxy) is 3. The molecule has 92 valence electrons. The number of esters is 1. The van der Waals surface area contributed by atoms with Crippen molar-refractivity contribution in [2.24, 2.45) is 0 Å². The zero-order chi connectivity index (χ0) is 12.8. The highest BCUT2D eigenvalue weighted by Crippen LogP contribution is 2.37. The van der Waals surface area contributed by atoms with Gasteiger partial charge in [0.25, 0.3) is 0 Å². The number of rotatable bonds is 4. The third kappa shape index (κ3) is 3.14. The lowest BCUT2D eigenvalue weighted by molar-refractivity contribution is -0.134. The third-order valence-electron chi connectivity index (χ3n) is 2.12. The Bertz CT molecular complexity index is 440. The fraction of sp³-hybridized carbons (Fsp3) is 0.250. The monoisotopic (exact) mass is 256 g/mol. The smallest absolute Gasteiger partial charge is 0.330 e. The van der Waals surface area contributed by atoms with Crippen molar-refractivity contribution in [1.29, 1.82) is 0 Å². The summed E-state index contributed by atoms with van der Waals surface area (Å²) in [6, 6.07) is 3.44. The number of benzene rings is 1. The van der Waals surface area contributed by atoms with Gasteiger partial charge >= 0.3 is 5.97 Å². The van der Waals surface area contributed by atoms with Gasteiger partial charge in [0.2, 0.25) is 0 Å². The van der Waals surface area contributed by atoms with Crippen LogP contribution in [-0.4, -0.2) is 27.3 Å². The number of hydrogen-bond acceptors (Lipinski definition) is 4. The Morgan fingerprint density at radius 2 is 1.94 bits per heavy atom. The summed E-state index contributed by atoms with van der Waals surface area (Å²) in [7, 11) is 4.33. The van der Waals surface area contributed by atoms with E-state index in [1.165, 1.54) is 27.4 Å². The van der Waals surface area contributed by atoms with Gasteiger partial charge in [0.15, 0.2) is 11.5 Å². The van der Waals surface area contributed by atoms with Gasteiger partial charge in [-0.05, 0) is 23.8 Å². The van der Waals surface area contributed by atoms with E-state index < -0.39 is 5.97 Å². The van der Waals surface area contributed by atoms with Gasteiger partial charge in [-0.1, -0.05) is 11.6 Å². The van der Waals surface area contributed by atoms with Gasteiger partial charge in [-0.25, -0.2) is 4.79 Å². The Morgan fingerprint density at radius 1 is 1.24 bits per heavy atom. The summed E-state index contributed by atoms with van der Waals surface area (Å²) in [5.41, 5.74) is 0.648. The molecular weight excluding hydrogens is 244 g/mol. The molecule has 0 N–H and O–H groups in total. The summed E-state index contributed by atoms with van der Waals surface area (Å²) in [5.74, 6) is 0.518. The zero-order valence-corrected chi connectivity index (χ0v) is 10.6. The summed E-state index contributed by atoms with van der Waals surface area (Å²) in [6.07, 6.45) is 2.84. The van der Waals surface area contributed by atoms with Crippen LogP contribution < -0.4 is 9.47 Å². The van der Waals surface area contributed by atoms with Crippen molar-refractivity contribution in [3.8, 4) is 11.5 Å². The quantitative estimate of drug-likeness (QED) is 0.613. The molecule has 0 aliphatic heterocycles. The second kappa shape index (κ2) is 6.15. The SMILES string of the molecule is COC(=O)C=Cc1ccc(OC)c(OC)c1Cl. The van der Waals surface area contributed by atoms with Crippen molar-refractivity contribution in [1.82, 2.24) is 0 Å². The highest BCUT2D eigenvalue weighted by Gasteiger charge is 2.11. The fourth-order valence-electron chi connectivity index (χ4n) is 1.26. The molecule has 17 heavy (non-hydrogen) atoms. The normalized spacial score (nSPS) is 10.4. The van der Waals surface area contributed by atoms with Gasteiger partial charge in [0.1, 0.15) is 0 Å². The van der Waals surface area contributed by atoms with Crippen LogP contribution >= 0.6 is 11.6 Å². The van der Waals surface area contributed by atoms with Gasteiger partial charge in [-0.2, -0.15) is 0 Å². The Morgan fingerprint density at radius 3 is 2.47 bits per heavy atom. The number of hydrogen-bond donors (Lipinski definition) is 0. The third-order valence-corrected chi connectivity index (χ3v) is 2.50. The Hall–Kier alpha value is -1.68. The highest BCUT2D eigenvalue weighted by atomic mass is 35.5. The number of carbonyl (C=O) groups is 1. The number of methoxy groups -OCH3 is 3. The first-order valence-electron chi connectivity index (χ1n) is 4.80. The molecule has 1 aromatic carbocycles. The van der Waals surface area contributed by atoms with Crippen LogP contribution in [-0.2, 0) is 9.53 Å². The van der Waals surface area contributed by atoms with Crippen LogP contribution in [0.4, 0.5) is 0 Å². The van der Waals surface area contributed by atoms with Crippen LogP contribution in [0, 0.1) is 0 Å². The molecular formula is C12H13ClO4. The summed E-state index contributed by atoms with van der Waals surface area (Å²) >= 11 is 6.11. The molecule has 0 spiro atoms. The lowest BCUT2D eigenvalue weighted by Gasteiger charge is -2.10. The topological polar surface area (TPSA) is 44.8 Å². The number of carbonyl (C=O) groups excluding carboxylic acids is 1.